The van der Waals surface area contributed by atoms with Gasteiger partial charge in [0.25, 0.3) is 0 Å². The maximum absolute atomic E-state index is 12.1. The Hall–Kier alpha value is -3.13. The lowest BCUT2D eigenvalue weighted by atomic mass is 10.1. The molecule has 2 rings (SSSR count). The normalized spacial score (nSPS) is 11.6. The zero-order valence-electron chi connectivity index (χ0n) is 13.2. The highest BCUT2D eigenvalue weighted by atomic mass is 16.3. The standard InChI is InChI=1S/C16H20N6O2/c1-9(10-5-3-2-4-6-10)20-16(24)22-13-7-11(17)14(15(18)19)12(8-23)21-13/h2-7,9,23H,8H2,1H3,(H3,18,19)(H4,17,20,21,22,24)/t9-/m1/s1. The first kappa shape index (κ1) is 17.2. The van der Waals surface area contributed by atoms with Crippen molar-refractivity contribution >= 4 is 23.4 Å². The van der Waals surface area contributed by atoms with E-state index in [2.05, 4.69) is 15.6 Å². The SMILES string of the molecule is C[C@@H](NC(=O)Nc1cc(N)c(C(=N)N)c(CO)n1)c1ccccc1. The van der Waals surface area contributed by atoms with Gasteiger partial charge in [0.1, 0.15) is 11.7 Å². The number of rotatable bonds is 5. The molecule has 1 atom stereocenters. The van der Waals surface area contributed by atoms with Crippen molar-refractivity contribution in [2.45, 2.75) is 19.6 Å². The zero-order chi connectivity index (χ0) is 17.7. The summed E-state index contributed by atoms with van der Waals surface area (Å²) in [6.07, 6.45) is 0. The van der Waals surface area contributed by atoms with Crippen LogP contribution in [0.2, 0.25) is 0 Å². The van der Waals surface area contributed by atoms with Crippen LogP contribution in [0, 0.1) is 5.41 Å². The molecule has 1 aromatic heterocycles. The Morgan fingerprint density at radius 3 is 2.62 bits per heavy atom. The van der Waals surface area contributed by atoms with Crippen LogP contribution in [0.15, 0.2) is 36.4 Å². The number of hydrogen-bond acceptors (Lipinski definition) is 5. The van der Waals surface area contributed by atoms with Gasteiger partial charge in [-0.15, -0.1) is 0 Å². The number of hydrogen-bond donors (Lipinski definition) is 6. The van der Waals surface area contributed by atoms with Crippen LogP contribution in [0.3, 0.4) is 0 Å². The maximum atomic E-state index is 12.1. The summed E-state index contributed by atoms with van der Waals surface area (Å²) in [4.78, 5) is 16.2. The third-order valence-electron chi connectivity index (χ3n) is 3.43. The largest absolute Gasteiger partial charge is 0.398 e. The van der Waals surface area contributed by atoms with Crippen molar-refractivity contribution < 1.29 is 9.90 Å². The molecular formula is C16H20N6O2. The fourth-order valence-corrected chi connectivity index (χ4v) is 2.28. The van der Waals surface area contributed by atoms with E-state index in [0.717, 1.165) is 5.56 Å². The molecule has 1 heterocycles. The Morgan fingerprint density at radius 1 is 1.38 bits per heavy atom. The Kier molecular flexibility index (Phi) is 5.33. The summed E-state index contributed by atoms with van der Waals surface area (Å²) in [7, 11) is 0. The molecule has 8 N–H and O–H groups in total. The lowest BCUT2D eigenvalue weighted by Gasteiger charge is -2.16. The number of aliphatic hydroxyl groups is 1. The van der Waals surface area contributed by atoms with Crippen LogP contribution in [-0.4, -0.2) is 22.0 Å². The number of nitrogens with zero attached hydrogens (tertiary/aromatic N) is 1. The van der Waals surface area contributed by atoms with Crippen molar-refractivity contribution in [1.29, 1.82) is 5.41 Å². The number of aromatic nitrogens is 1. The number of aliphatic hydroxyl groups excluding tert-OH is 1. The van der Waals surface area contributed by atoms with Gasteiger partial charge in [-0.1, -0.05) is 30.3 Å². The lowest BCUT2D eigenvalue weighted by Crippen LogP contribution is -2.31. The minimum absolute atomic E-state index is 0.133. The lowest BCUT2D eigenvalue weighted by molar-refractivity contribution is 0.249. The molecule has 0 spiro atoms. The van der Waals surface area contributed by atoms with Gasteiger partial charge in [0.15, 0.2) is 0 Å². The molecule has 0 aliphatic heterocycles. The number of carbonyl (C=O) groups excluding carboxylic acids is 1. The maximum Gasteiger partial charge on any atom is 0.320 e. The van der Waals surface area contributed by atoms with E-state index in [1.807, 2.05) is 37.3 Å². The molecule has 0 aliphatic rings. The molecule has 0 unspecified atom stereocenters. The van der Waals surface area contributed by atoms with Crippen molar-refractivity contribution in [2.75, 3.05) is 11.1 Å². The average Bonchev–Trinajstić information content (AvgIpc) is 2.54. The third-order valence-corrected chi connectivity index (χ3v) is 3.43. The van der Waals surface area contributed by atoms with Gasteiger partial charge in [0, 0.05) is 11.8 Å². The number of urea groups is 1. The highest BCUT2D eigenvalue weighted by Gasteiger charge is 2.15. The van der Waals surface area contributed by atoms with Crippen molar-refractivity contribution in [2.24, 2.45) is 5.73 Å². The summed E-state index contributed by atoms with van der Waals surface area (Å²) >= 11 is 0. The van der Waals surface area contributed by atoms with E-state index < -0.39 is 12.6 Å². The second-order valence-electron chi connectivity index (χ2n) is 5.22. The van der Waals surface area contributed by atoms with Gasteiger partial charge in [-0.05, 0) is 12.5 Å². The predicted octanol–water partition coefficient (Wildman–Crippen LogP) is 1.32. The Labute approximate surface area is 139 Å². The van der Waals surface area contributed by atoms with Gasteiger partial charge in [0.2, 0.25) is 0 Å². The van der Waals surface area contributed by atoms with E-state index in [1.165, 1.54) is 6.07 Å². The molecule has 0 fully saturated rings. The number of benzene rings is 1. The number of pyridine rings is 1. The second kappa shape index (κ2) is 7.42. The summed E-state index contributed by atoms with van der Waals surface area (Å²) in [5.41, 5.74) is 12.7. The molecule has 2 amide bonds. The van der Waals surface area contributed by atoms with E-state index in [0.29, 0.717) is 0 Å². The van der Waals surface area contributed by atoms with Gasteiger partial charge >= 0.3 is 6.03 Å². The first-order valence-electron chi connectivity index (χ1n) is 7.29. The smallest absolute Gasteiger partial charge is 0.320 e. The van der Waals surface area contributed by atoms with Gasteiger partial charge in [-0.25, -0.2) is 9.78 Å². The summed E-state index contributed by atoms with van der Waals surface area (Å²) in [5.74, 6) is -0.128. The van der Waals surface area contributed by atoms with Crippen LogP contribution >= 0.6 is 0 Å². The summed E-state index contributed by atoms with van der Waals surface area (Å²) in [5, 5.41) is 22.2. The van der Waals surface area contributed by atoms with Crippen molar-refractivity contribution in [1.82, 2.24) is 10.3 Å². The number of nitrogens with two attached hydrogens (primary N) is 2. The molecule has 1 aromatic carbocycles. The monoisotopic (exact) mass is 328 g/mol. The van der Waals surface area contributed by atoms with Crippen molar-refractivity contribution in [3.8, 4) is 0 Å². The van der Waals surface area contributed by atoms with Crippen LogP contribution in [-0.2, 0) is 6.61 Å². The van der Waals surface area contributed by atoms with E-state index in [9.17, 15) is 9.90 Å². The molecule has 126 valence electrons. The molecule has 2 aromatic rings. The molecule has 8 heteroatoms. The van der Waals surface area contributed by atoms with Crippen LogP contribution in [0.25, 0.3) is 0 Å². The van der Waals surface area contributed by atoms with E-state index in [1.54, 1.807) is 0 Å². The van der Waals surface area contributed by atoms with Crippen LogP contribution < -0.4 is 22.1 Å². The molecule has 0 aliphatic carbocycles. The number of anilines is 2. The predicted molar refractivity (Wildman–Crippen MR) is 92.6 cm³/mol. The number of carbonyl (C=O) groups is 1. The van der Waals surface area contributed by atoms with Crippen molar-refractivity contribution in [3.05, 3.63) is 53.2 Å². The van der Waals surface area contributed by atoms with Gasteiger partial charge in [0.05, 0.1) is 23.9 Å². The molecule has 0 saturated carbocycles. The first-order chi connectivity index (χ1) is 11.4. The van der Waals surface area contributed by atoms with Crippen molar-refractivity contribution in [3.63, 3.8) is 0 Å². The first-order valence-corrected chi connectivity index (χ1v) is 7.29. The summed E-state index contributed by atoms with van der Waals surface area (Å²) in [6.45, 7) is 1.41. The Bertz CT molecular complexity index is 748. The number of amidine groups is 1. The highest BCUT2D eigenvalue weighted by Crippen LogP contribution is 2.20. The molecule has 24 heavy (non-hydrogen) atoms. The number of nitrogens with one attached hydrogen (secondary N) is 3. The summed E-state index contributed by atoms with van der Waals surface area (Å²) in [6, 6.07) is 10.2. The third kappa shape index (κ3) is 3.99. The minimum atomic E-state index is -0.460. The number of nitrogen functional groups attached to an aromatic ring is 2. The van der Waals surface area contributed by atoms with E-state index in [-0.39, 0.29) is 34.6 Å². The number of amides is 2. The Balaban J connectivity index is 2.12. The van der Waals surface area contributed by atoms with E-state index >= 15 is 0 Å². The van der Waals surface area contributed by atoms with Gasteiger partial charge in [-0.3, -0.25) is 10.7 Å². The fraction of sp³-hybridized carbons (Fsp3) is 0.188. The molecule has 0 radical (unpaired) electrons. The second-order valence-corrected chi connectivity index (χ2v) is 5.22. The van der Waals surface area contributed by atoms with Crippen LogP contribution in [0.4, 0.5) is 16.3 Å². The average molecular weight is 328 g/mol. The quantitative estimate of drug-likeness (QED) is 0.361. The zero-order valence-corrected chi connectivity index (χ0v) is 13.2. The van der Waals surface area contributed by atoms with Gasteiger partial charge < -0.3 is 21.9 Å². The van der Waals surface area contributed by atoms with E-state index in [4.69, 9.17) is 16.9 Å². The topological polar surface area (TPSA) is 150 Å². The molecule has 0 saturated heterocycles. The van der Waals surface area contributed by atoms with Crippen LogP contribution in [0.1, 0.15) is 29.8 Å². The van der Waals surface area contributed by atoms with Crippen LogP contribution in [0.5, 0.6) is 0 Å². The highest BCUT2D eigenvalue weighted by molar-refractivity contribution is 6.01. The molecule has 8 nitrogen and oxygen atoms in total. The molecular weight excluding hydrogens is 308 g/mol. The fourth-order valence-electron chi connectivity index (χ4n) is 2.28. The molecule has 0 bridgehead atoms. The Morgan fingerprint density at radius 2 is 2.04 bits per heavy atom. The summed E-state index contributed by atoms with van der Waals surface area (Å²) < 4.78 is 0. The van der Waals surface area contributed by atoms with Gasteiger partial charge in [-0.2, -0.15) is 0 Å². The minimum Gasteiger partial charge on any atom is -0.398 e.